The summed E-state index contributed by atoms with van der Waals surface area (Å²) in [6.45, 7) is 1.74. The molecular weight excluding hydrogens is 272 g/mol. The lowest BCUT2D eigenvalue weighted by atomic mass is 10.1. The van der Waals surface area contributed by atoms with E-state index in [0.717, 1.165) is 5.39 Å². The predicted octanol–water partition coefficient (Wildman–Crippen LogP) is 3.18. The summed E-state index contributed by atoms with van der Waals surface area (Å²) in [5, 5.41) is 1.44. The molecule has 0 radical (unpaired) electrons. The molecule has 0 aromatic heterocycles. The molecule has 0 aliphatic carbocycles. The van der Waals surface area contributed by atoms with E-state index in [2.05, 4.69) is 0 Å². The normalized spacial score (nSPS) is 10.3. The number of methoxy groups -OCH3 is 3. The van der Waals surface area contributed by atoms with Gasteiger partial charge in [0.15, 0.2) is 11.5 Å². The van der Waals surface area contributed by atoms with Crippen molar-refractivity contribution in [2.45, 2.75) is 13.3 Å². The lowest BCUT2D eigenvalue weighted by molar-refractivity contribution is -0.133. The zero-order valence-corrected chi connectivity index (χ0v) is 12.6. The van der Waals surface area contributed by atoms with Gasteiger partial charge in [0.2, 0.25) is 0 Å². The maximum absolute atomic E-state index is 11.6. The molecule has 0 saturated carbocycles. The molecule has 2 rings (SSSR count). The number of carbonyl (C=O) groups excluding carboxylic acids is 1. The van der Waals surface area contributed by atoms with E-state index in [9.17, 15) is 4.79 Å². The number of carbonyl (C=O) groups is 1. The summed E-state index contributed by atoms with van der Waals surface area (Å²) in [5.74, 6) is 1.76. The van der Waals surface area contributed by atoms with Crippen LogP contribution in [0.25, 0.3) is 10.8 Å². The Morgan fingerprint density at radius 2 is 1.71 bits per heavy atom. The van der Waals surface area contributed by atoms with E-state index in [4.69, 9.17) is 18.9 Å². The van der Waals surface area contributed by atoms with Crippen molar-refractivity contribution in [3.05, 3.63) is 24.3 Å². The van der Waals surface area contributed by atoms with Gasteiger partial charge in [0.05, 0.1) is 26.7 Å². The van der Waals surface area contributed by atoms with Crippen molar-refractivity contribution in [2.75, 3.05) is 21.3 Å². The van der Waals surface area contributed by atoms with Gasteiger partial charge in [-0.25, -0.2) is 0 Å². The smallest absolute Gasteiger partial charge is 0.310 e. The monoisotopic (exact) mass is 290 g/mol. The summed E-state index contributed by atoms with van der Waals surface area (Å²) in [4.78, 5) is 11.6. The van der Waals surface area contributed by atoms with Crippen molar-refractivity contribution in [3.8, 4) is 23.0 Å². The third-order valence-electron chi connectivity index (χ3n) is 3.16. The summed E-state index contributed by atoms with van der Waals surface area (Å²) in [7, 11) is 4.66. The molecular formula is C16H18O5. The molecule has 0 saturated heterocycles. The Balaban J connectivity index is 2.78. The fourth-order valence-corrected chi connectivity index (χ4v) is 2.16. The highest BCUT2D eigenvalue weighted by Gasteiger charge is 2.19. The van der Waals surface area contributed by atoms with Gasteiger partial charge in [-0.2, -0.15) is 0 Å². The number of benzene rings is 2. The number of ether oxygens (including phenoxy) is 4. The molecule has 0 N–H and O–H groups in total. The standard InChI is InChI=1S/C16H18O5/c1-5-14(17)21-11-8-6-7-10-12(18-2)9-13(19-3)16(20-4)15(10)11/h6-9H,5H2,1-4H3. The molecule has 0 bridgehead atoms. The lowest BCUT2D eigenvalue weighted by Crippen LogP contribution is -2.06. The Bertz CT molecular complexity index is 663. The van der Waals surface area contributed by atoms with Crippen molar-refractivity contribution in [2.24, 2.45) is 0 Å². The Morgan fingerprint density at radius 1 is 1.00 bits per heavy atom. The van der Waals surface area contributed by atoms with Crippen LogP contribution in [0.4, 0.5) is 0 Å². The van der Waals surface area contributed by atoms with E-state index >= 15 is 0 Å². The minimum Gasteiger partial charge on any atom is -0.496 e. The van der Waals surface area contributed by atoms with Gasteiger partial charge in [-0.3, -0.25) is 4.79 Å². The summed E-state index contributed by atoms with van der Waals surface area (Å²) in [5.41, 5.74) is 0. The fourth-order valence-electron chi connectivity index (χ4n) is 2.16. The quantitative estimate of drug-likeness (QED) is 0.625. The average Bonchev–Trinajstić information content (AvgIpc) is 2.53. The Kier molecular flexibility index (Phi) is 4.52. The van der Waals surface area contributed by atoms with Gasteiger partial charge in [-0.05, 0) is 6.07 Å². The largest absolute Gasteiger partial charge is 0.496 e. The van der Waals surface area contributed by atoms with Crippen LogP contribution in [-0.4, -0.2) is 27.3 Å². The zero-order chi connectivity index (χ0) is 15.4. The SMILES string of the molecule is CCC(=O)Oc1cccc2c(OC)cc(OC)c(OC)c12. The van der Waals surface area contributed by atoms with E-state index < -0.39 is 0 Å². The second kappa shape index (κ2) is 6.35. The highest BCUT2D eigenvalue weighted by molar-refractivity contribution is 6.01. The first-order valence-electron chi connectivity index (χ1n) is 6.58. The van der Waals surface area contributed by atoms with Gasteiger partial charge in [-0.1, -0.05) is 19.1 Å². The van der Waals surface area contributed by atoms with Crippen molar-refractivity contribution < 1.29 is 23.7 Å². The number of hydrogen-bond donors (Lipinski definition) is 0. The summed E-state index contributed by atoms with van der Waals surface area (Å²) in [6, 6.07) is 7.14. The summed E-state index contributed by atoms with van der Waals surface area (Å²) in [6.07, 6.45) is 0.291. The molecule has 0 fully saturated rings. The van der Waals surface area contributed by atoms with Crippen molar-refractivity contribution >= 4 is 16.7 Å². The van der Waals surface area contributed by atoms with Crippen LogP contribution in [0, 0.1) is 0 Å². The molecule has 0 unspecified atom stereocenters. The highest BCUT2D eigenvalue weighted by Crippen LogP contribution is 2.45. The molecule has 0 heterocycles. The van der Waals surface area contributed by atoms with E-state index in [1.54, 1.807) is 46.5 Å². The van der Waals surface area contributed by atoms with Gasteiger partial charge < -0.3 is 18.9 Å². The van der Waals surface area contributed by atoms with Gasteiger partial charge in [-0.15, -0.1) is 0 Å². The van der Waals surface area contributed by atoms with Gasteiger partial charge in [0, 0.05) is 17.9 Å². The lowest BCUT2D eigenvalue weighted by Gasteiger charge is -2.16. The molecule has 0 spiro atoms. The van der Waals surface area contributed by atoms with Gasteiger partial charge >= 0.3 is 5.97 Å². The molecule has 0 amide bonds. The van der Waals surface area contributed by atoms with Crippen LogP contribution < -0.4 is 18.9 Å². The third-order valence-corrected chi connectivity index (χ3v) is 3.16. The fraction of sp³-hybridized carbons (Fsp3) is 0.312. The van der Waals surface area contributed by atoms with Crippen molar-refractivity contribution in [1.82, 2.24) is 0 Å². The second-order valence-corrected chi connectivity index (χ2v) is 4.32. The number of esters is 1. The Morgan fingerprint density at radius 3 is 2.29 bits per heavy atom. The minimum atomic E-state index is -0.314. The molecule has 2 aromatic carbocycles. The van der Waals surface area contributed by atoms with Crippen LogP contribution in [-0.2, 0) is 4.79 Å². The molecule has 0 atom stereocenters. The van der Waals surface area contributed by atoms with Crippen LogP contribution in [0.5, 0.6) is 23.0 Å². The van der Waals surface area contributed by atoms with Crippen LogP contribution >= 0.6 is 0 Å². The number of rotatable bonds is 5. The Labute approximate surface area is 123 Å². The second-order valence-electron chi connectivity index (χ2n) is 4.32. The molecule has 112 valence electrons. The molecule has 2 aromatic rings. The maximum Gasteiger partial charge on any atom is 0.310 e. The topological polar surface area (TPSA) is 54.0 Å². The molecule has 0 aliphatic heterocycles. The first-order valence-corrected chi connectivity index (χ1v) is 6.58. The van der Waals surface area contributed by atoms with Crippen molar-refractivity contribution in [1.29, 1.82) is 0 Å². The zero-order valence-electron chi connectivity index (χ0n) is 12.6. The molecule has 21 heavy (non-hydrogen) atoms. The highest BCUT2D eigenvalue weighted by atomic mass is 16.5. The first kappa shape index (κ1) is 15.0. The molecule has 5 heteroatoms. The van der Waals surface area contributed by atoms with E-state index in [1.807, 2.05) is 6.07 Å². The minimum absolute atomic E-state index is 0.291. The Hall–Kier alpha value is -2.43. The van der Waals surface area contributed by atoms with Gasteiger partial charge in [0.1, 0.15) is 11.5 Å². The first-order chi connectivity index (χ1) is 10.2. The van der Waals surface area contributed by atoms with Crippen molar-refractivity contribution in [3.63, 3.8) is 0 Å². The summed E-state index contributed by atoms with van der Waals surface area (Å²) >= 11 is 0. The van der Waals surface area contributed by atoms with Crippen LogP contribution in [0.2, 0.25) is 0 Å². The van der Waals surface area contributed by atoms with Gasteiger partial charge in [0.25, 0.3) is 0 Å². The number of hydrogen-bond acceptors (Lipinski definition) is 5. The molecule has 5 nitrogen and oxygen atoms in total. The third kappa shape index (κ3) is 2.72. The van der Waals surface area contributed by atoms with E-state index in [1.165, 1.54) is 0 Å². The van der Waals surface area contributed by atoms with E-state index in [0.29, 0.717) is 34.8 Å². The molecule has 0 aliphatic rings. The number of fused-ring (bicyclic) bond motifs is 1. The van der Waals surface area contributed by atoms with Crippen LogP contribution in [0.3, 0.4) is 0 Å². The van der Waals surface area contributed by atoms with Crippen LogP contribution in [0.1, 0.15) is 13.3 Å². The van der Waals surface area contributed by atoms with E-state index in [-0.39, 0.29) is 5.97 Å². The predicted molar refractivity (Wildman–Crippen MR) is 79.5 cm³/mol. The van der Waals surface area contributed by atoms with Crippen LogP contribution in [0.15, 0.2) is 24.3 Å². The summed E-state index contributed by atoms with van der Waals surface area (Å²) < 4.78 is 21.5. The average molecular weight is 290 g/mol. The maximum atomic E-state index is 11.6.